The normalized spacial score (nSPS) is 14.1. The first kappa shape index (κ1) is 12.6. The van der Waals surface area contributed by atoms with Gasteiger partial charge in [-0.2, -0.15) is 0 Å². The van der Waals surface area contributed by atoms with Crippen LogP contribution in [0.4, 0.5) is 5.69 Å². The van der Waals surface area contributed by atoms with Gasteiger partial charge in [0.15, 0.2) is 0 Å². The molecule has 0 radical (unpaired) electrons. The third-order valence-electron chi connectivity index (χ3n) is 3.03. The summed E-state index contributed by atoms with van der Waals surface area (Å²) in [5.41, 5.74) is 2.98. The standard InChI is InChI=1S/C14H18N2O2/c1-9-3-6-12(10(2)7-9)16-13(17)8-15-14(18)11-4-5-11/h3,6-7,11H,4-5,8H2,1-2H3,(H,15,18)(H,16,17). The van der Waals surface area contributed by atoms with Crippen molar-refractivity contribution in [2.75, 3.05) is 11.9 Å². The number of rotatable bonds is 4. The summed E-state index contributed by atoms with van der Waals surface area (Å²) in [6.07, 6.45) is 1.90. The van der Waals surface area contributed by atoms with E-state index in [4.69, 9.17) is 0 Å². The summed E-state index contributed by atoms with van der Waals surface area (Å²) in [5, 5.41) is 5.44. The van der Waals surface area contributed by atoms with Crippen molar-refractivity contribution in [1.29, 1.82) is 0 Å². The van der Waals surface area contributed by atoms with Crippen molar-refractivity contribution in [3.63, 3.8) is 0 Å². The molecule has 1 aromatic carbocycles. The van der Waals surface area contributed by atoms with Gasteiger partial charge in [-0.15, -0.1) is 0 Å². The molecule has 1 aliphatic rings. The molecule has 2 N–H and O–H groups in total. The van der Waals surface area contributed by atoms with Crippen molar-refractivity contribution < 1.29 is 9.59 Å². The third-order valence-corrected chi connectivity index (χ3v) is 3.03. The van der Waals surface area contributed by atoms with E-state index < -0.39 is 0 Å². The van der Waals surface area contributed by atoms with Crippen molar-refractivity contribution in [3.8, 4) is 0 Å². The highest BCUT2D eigenvalue weighted by Gasteiger charge is 2.29. The summed E-state index contributed by atoms with van der Waals surface area (Å²) in [7, 11) is 0. The number of hydrogen-bond acceptors (Lipinski definition) is 2. The Labute approximate surface area is 107 Å². The Morgan fingerprint density at radius 2 is 2.00 bits per heavy atom. The van der Waals surface area contributed by atoms with E-state index in [2.05, 4.69) is 10.6 Å². The van der Waals surface area contributed by atoms with E-state index in [1.165, 1.54) is 0 Å². The Kier molecular flexibility index (Phi) is 3.65. The van der Waals surface area contributed by atoms with Crippen molar-refractivity contribution in [3.05, 3.63) is 29.3 Å². The molecule has 0 aromatic heterocycles. The van der Waals surface area contributed by atoms with Crippen LogP contribution in [0.3, 0.4) is 0 Å². The highest BCUT2D eigenvalue weighted by Crippen LogP contribution is 2.28. The predicted molar refractivity (Wildman–Crippen MR) is 70.3 cm³/mol. The van der Waals surface area contributed by atoms with Crippen LogP contribution in [0, 0.1) is 19.8 Å². The molecule has 1 fully saturated rings. The van der Waals surface area contributed by atoms with Crippen molar-refractivity contribution in [1.82, 2.24) is 5.32 Å². The Bertz CT molecular complexity index is 479. The van der Waals surface area contributed by atoms with Crippen LogP contribution < -0.4 is 10.6 Å². The van der Waals surface area contributed by atoms with Gasteiger partial charge in [-0.05, 0) is 38.3 Å². The molecule has 0 heterocycles. The van der Waals surface area contributed by atoms with Crippen LogP contribution >= 0.6 is 0 Å². The van der Waals surface area contributed by atoms with Gasteiger partial charge in [0.2, 0.25) is 11.8 Å². The maximum absolute atomic E-state index is 11.7. The molecule has 0 saturated heterocycles. The maximum Gasteiger partial charge on any atom is 0.243 e. The maximum atomic E-state index is 11.7. The number of amides is 2. The number of hydrogen-bond donors (Lipinski definition) is 2. The van der Waals surface area contributed by atoms with E-state index >= 15 is 0 Å². The van der Waals surface area contributed by atoms with Crippen LogP contribution in [0.5, 0.6) is 0 Å². The fourth-order valence-electron chi connectivity index (χ4n) is 1.81. The van der Waals surface area contributed by atoms with Gasteiger partial charge < -0.3 is 10.6 Å². The summed E-state index contributed by atoms with van der Waals surface area (Å²) in [6, 6.07) is 5.84. The molecule has 2 amide bonds. The minimum Gasteiger partial charge on any atom is -0.347 e. The quantitative estimate of drug-likeness (QED) is 0.850. The first-order chi connectivity index (χ1) is 8.56. The Hall–Kier alpha value is -1.84. The zero-order chi connectivity index (χ0) is 13.1. The van der Waals surface area contributed by atoms with Crippen LogP contribution in [-0.4, -0.2) is 18.4 Å². The Morgan fingerprint density at radius 1 is 1.28 bits per heavy atom. The van der Waals surface area contributed by atoms with Gasteiger partial charge in [0.1, 0.15) is 0 Å². The summed E-state index contributed by atoms with van der Waals surface area (Å²) >= 11 is 0. The minimum atomic E-state index is -0.184. The highest BCUT2D eigenvalue weighted by molar-refractivity contribution is 5.95. The summed E-state index contributed by atoms with van der Waals surface area (Å²) in [5.74, 6) is -0.0550. The van der Waals surface area contributed by atoms with Gasteiger partial charge in [-0.3, -0.25) is 9.59 Å². The van der Waals surface area contributed by atoms with Gasteiger partial charge in [-0.1, -0.05) is 17.7 Å². The molecule has 0 aliphatic heterocycles. The molecular weight excluding hydrogens is 228 g/mol. The highest BCUT2D eigenvalue weighted by atomic mass is 16.2. The first-order valence-electron chi connectivity index (χ1n) is 6.21. The molecule has 0 bridgehead atoms. The number of nitrogens with one attached hydrogen (secondary N) is 2. The molecule has 1 aliphatic carbocycles. The van der Waals surface area contributed by atoms with E-state index in [0.717, 1.165) is 29.7 Å². The van der Waals surface area contributed by atoms with Crippen LogP contribution in [-0.2, 0) is 9.59 Å². The number of carbonyl (C=O) groups excluding carboxylic acids is 2. The molecule has 1 aromatic rings. The van der Waals surface area contributed by atoms with E-state index in [-0.39, 0.29) is 24.3 Å². The van der Waals surface area contributed by atoms with Crippen molar-refractivity contribution in [2.24, 2.45) is 5.92 Å². The molecule has 18 heavy (non-hydrogen) atoms. The van der Waals surface area contributed by atoms with E-state index in [0.29, 0.717) is 0 Å². The Morgan fingerprint density at radius 3 is 2.61 bits per heavy atom. The smallest absolute Gasteiger partial charge is 0.243 e. The molecule has 4 nitrogen and oxygen atoms in total. The largest absolute Gasteiger partial charge is 0.347 e. The monoisotopic (exact) mass is 246 g/mol. The van der Waals surface area contributed by atoms with Gasteiger partial charge in [-0.25, -0.2) is 0 Å². The lowest BCUT2D eigenvalue weighted by Gasteiger charge is -2.09. The first-order valence-corrected chi connectivity index (χ1v) is 6.21. The molecule has 0 atom stereocenters. The lowest BCUT2D eigenvalue weighted by atomic mass is 10.1. The zero-order valence-corrected chi connectivity index (χ0v) is 10.7. The molecule has 4 heteroatoms. The van der Waals surface area contributed by atoms with E-state index in [9.17, 15) is 9.59 Å². The lowest BCUT2D eigenvalue weighted by Crippen LogP contribution is -2.33. The SMILES string of the molecule is Cc1ccc(NC(=O)CNC(=O)C2CC2)c(C)c1. The second-order valence-corrected chi connectivity index (χ2v) is 4.86. The van der Waals surface area contributed by atoms with Crippen LogP contribution in [0.15, 0.2) is 18.2 Å². The topological polar surface area (TPSA) is 58.2 Å². The van der Waals surface area contributed by atoms with Crippen molar-refractivity contribution >= 4 is 17.5 Å². The Balaban J connectivity index is 1.84. The molecule has 0 spiro atoms. The zero-order valence-electron chi connectivity index (χ0n) is 10.7. The van der Waals surface area contributed by atoms with Crippen LogP contribution in [0.25, 0.3) is 0 Å². The molecular formula is C14H18N2O2. The summed E-state index contributed by atoms with van der Waals surface area (Å²) in [6.45, 7) is 4.00. The van der Waals surface area contributed by atoms with E-state index in [1.807, 2.05) is 32.0 Å². The van der Waals surface area contributed by atoms with Crippen LogP contribution in [0.1, 0.15) is 24.0 Å². The summed E-state index contributed by atoms with van der Waals surface area (Å²) < 4.78 is 0. The molecule has 0 unspecified atom stereocenters. The fraction of sp³-hybridized carbons (Fsp3) is 0.429. The molecule has 1 saturated carbocycles. The number of anilines is 1. The van der Waals surface area contributed by atoms with Gasteiger partial charge in [0.25, 0.3) is 0 Å². The molecule has 96 valence electrons. The van der Waals surface area contributed by atoms with Crippen molar-refractivity contribution in [2.45, 2.75) is 26.7 Å². The third kappa shape index (κ3) is 3.32. The van der Waals surface area contributed by atoms with Gasteiger partial charge >= 0.3 is 0 Å². The number of carbonyl (C=O) groups is 2. The average Bonchev–Trinajstić information content (AvgIpc) is 3.14. The summed E-state index contributed by atoms with van der Waals surface area (Å²) in [4.78, 5) is 23.1. The van der Waals surface area contributed by atoms with Gasteiger partial charge in [0, 0.05) is 11.6 Å². The average molecular weight is 246 g/mol. The second-order valence-electron chi connectivity index (χ2n) is 4.86. The van der Waals surface area contributed by atoms with Gasteiger partial charge in [0.05, 0.1) is 6.54 Å². The van der Waals surface area contributed by atoms with Crippen LogP contribution in [0.2, 0.25) is 0 Å². The second kappa shape index (κ2) is 5.21. The fourth-order valence-corrected chi connectivity index (χ4v) is 1.81. The number of benzene rings is 1. The molecule has 2 rings (SSSR count). The number of aryl methyl sites for hydroxylation is 2. The minimum absolute atomic E-state index is 0.00854. The predicted octanol–water partition coefficient (Wildman–Crippen LogP) is 1.77. The lowest BCUT2D eigenvalue weighted by molar-refractivity contribution is -0.125. The van der Waals surface area contributed by atoms with E-state index in [1.54, 1.807) is 0 Å².